The molecule has 0 heterocycles. The predicted molar refractivity (Wildman–Crippen MR) is 87.4 cm³/mol. The molecule has 0 saturated carbocycles. The maximum atomic E-state index is 6.48. The van der Waals surface area contributed by atoms with E-state index in [4.69, 9.17) is 11.6 Å². The van der Waals surface area contributed by atoms with E-state index in [0.29, 0.717) is 0 Å². The molecule has 1 heteroatoms. The molecule has 0 saturated heterocycles. The minimum atomic E-state index is 0.988. The lowest BCUT2D eigenvalue weighted by molar-refractivity contribution is 0.664. The Morgan fingerprint density at radius 3 is 1.95 bits per heavy atom. The summed E-state index contributed by atoms with van der Waals surface area (Å²) in [7, 11) is 0. The molecule has 0 spiro atoms. The van der Waals surface area contributed by atoms with Crippen molar-refractivity contribution < 1.29 is 0 Å². The van der Waals surface area contributed by atoms with Crippen LogP contribution in [0.3, 0.4) is 0 Å². The van der Waals surface area contributed by atoms with Crippen LogP contribution in [-0.4, -0.2) is 0 Å². The van der Waals surface area contributed by atoms with Crippen LogP contribution < -0.4 is 0 Å². The molecule has 0 nitrogen and oxygen atoms in total. The summed E-state index contributed by atoms with van der Waals surface area (Å²) >= 11 is 6.48. The standard InChI is InChI=1S/C18H29Cl/c1-5-9-10-11-12-14-13-18(19)17(8-4)16(7-3)15(14)6-2/h13H,5-12H2,1-4H3. The smallest absolute Gasteiger partial charge is 0.0443 e. The molecule has 0 bridgehead atoms. The van der Waals surface area contributed by atoms with E-state index in [2.05, 4.69) is 33.8 Å². The fourth-order valence-corrected chi connectivity index (χ4v) is 3.44. The Hall–Kier alpha value is -0.490. The van der Waals surface area contributed by atoms with Gasteiger partial charge in [0.1, 0.15) is 0 Å². The monoisotopic (exact) mass is 280 g/mol. The quantitative estimate of drug-likeness (QED) is 0.501. The van der Waals surface area contributed by atoms with Crippen LogP contribution in [0.1, 0.15) is 75.6 Å². The van der Waals surface area contributed by atoms with Crippen LogP contribution in [0.15, 0.2) is 6.07 Å². The van der Waals surface area contributed by atoms with Crippen molar-refractivity contribution in [1.29, 1.82) is 0 Å². The first kappa shape index (κ1) is 16.6. The minimum Gasteiger partial charge on any atom is -0.0840 e. The highest BCUT2D eigenvalue weighted by Crippen LogP contribution is 2.29. The summed E-state index contributed by atoms with van der Waals surface area (Å²) < 4.78 is 0. The van der Waals surface area contributed by atoms with Gasteiger partial charge in [0.25, 0.3) is 0 Å². The Morgan fingerprint density at radius 1 is 0.789 bits per heavy atom. The zero-order valence-electron chi connectivity index (χ0n) is 13.1. The van der Waals surface area contributed by atoms with Crippen LogP contribution in [0, 0.1) is 0 Å². The van der Waals surface area contributed by atoms with Crippen LogP contribution in [0.4, 0.5) is 0 Å². The van der Waals surface area contributed by atoms with Crippen molar-refractivity contribution in [2.24, 2.45) is 0 Å². The maximum Gasteiger partial charge on any atom is 0.0443 e. The Bertz CT molecular complexity index is 393. The number of benzene rings is 1. The first-order valence-corrected chi connectivity index (χ1v) is 8.39. The van der Waals surface area contributed by atoms with Gasteiger partial charge in [-0.2, -0.15) is 0 Å². The predicted octanol–water partition coefficient (Wildman–Crippen LogP) is 6.15. The molecule has 0 fully saturated rings. The first-order chi connectivity index (χ1) is 9.19. The molecule has 108 valence electrons. The van der Waals surface area contributed by atoms with E-state index in [1.807, 2.05) is 0 Å². The largest absolute Gasteiger partial charge is 0.0840 e. The molecule has 19 heavy (non-hydrogen) atoms. The van der Waals surface area contributed by atoms with Crippen LogP contribution in [0.2, 0.25) is 5.02 Å². The topological polar surface area (TPSA) is 0 Å². The molecule has 0 unspecified atom stereocenters. The van der Waals surface area contributed by atoms with Gasteiger partial charge in [-0.05, 0) is 60.4 Å². The normalized spacial score (nSPS) is 11.0. The Kier molecular flexibility index (Phi) is 7.53. The average molecular weight is 281 g/mol. The van der Waals surface area contributed by atoms with Crippen LogP contribution in [-0.2, 0) is 25.7 Å². The van der Waals surface area contributed by atoms with Crippen molar-refractivity contribution in [2.45, 2.75) is 79.1 Å². The minimum absolute atomic E-state index is 0.988. The highest BCUT2D eigenvalue weighted by atomic mass is 35.5. The highest BCUT2D eigenvalue weighted by molar-refractivity contribution is 6.31. The summed E-state index contributed by atoms with van der Waals surface area (Å²) in [5.74, 6) is 0. The van der Waals surface area contributed by atoms with Gasteiger partial charge in [0.15, 0.2) is 0 Å². The first-order valence-electron chi connectivity index (χ1n) is 8.01. The van der Waals surface area contributed by atoms with Gasteiger partial charge in [0.05, 0.1) is 0 Å². The second kappa shape index (κ2) is 8.64. The number of rotatable bonds is 8. The summed E-state index contributed by atoms with van der Waals surface area (Å²) in [6.45, 7) is 9.00. The lowest BCUT2D eigenvalue weighted by atomic mass is 9.89. The molecule has 0 aromatic heterocycles. The number of unbranched alkanes of at least 4 members (excludes halogenated alkanes) is 3. The van der Waals surface area contributed by atoms with Crippen molar-refractivity contribution in [3.63, 3.8) is 0 Å². The molecule has 1 aromatic rings. The van der Waals surface area contributed by atoms with Gasteiger partial charge in [-0.25, -0.2) is 0 Å². The van der Waals surface area contributed by atoms with Crippen molar-refractivity contribution in [1.82, 2.24) is 0 Å². The van der Waals surface area contributed by atoms with Crippen LogP contribution in [0.5, 0.6) is 0 Å². The van der Waals surface area contributed by atoms with E-state index >= 15 is 0 Å². The summed E-state index contributed by atoms with van der Waals surface area (Å²) in [5.41, 5.74) is 5.96. The van der Waals surface area contributed by atoms with Crippen molar-refractivity contribution in [2.75, 3.05) is 0 Å². The summed E-state index contributed by atoms with van der Waals surface area (Å²) in [4.78, 5) is 0. The fourth-order valence-electron chi connectivity index (χ4n) is 3.06. The number of hydrogen-bond donors (Lipinski definition) is 0. The third-order valence-corrected chi connectivity index (χ3v) is 4.40. The molecule has 0 radical (unpaired) electrons. The lowest BCUT2D eigenvalue weighted by Crippen LogP contribution is -2.04. The fraction of sp³-hybridized carbons (Fsp3) is 0.667. The Labute approximate surface area is 124 Å². The molecular weight excluding hydrogens is 252 g/mol. The molecule has 0 atom stereocenters. The second-order valence-electron chi connectivity index (χ2n) is 5.32. The van der Waals surface area contributed by atoms with Crippen molar-refractivity contribution in [3.05, 3.63) is 33.3 Å². The average Bonchev–Trinajstić information content (AvgIpc) is 2.42. The zero-order chi connectivity index (χ0) is 14.3. The highest BCUT2D eigenvalue weighted by Gasteiger charge is 2.13. The van der Waals surface area contributed by atoms with E-state index in [9.17, 15) is 0 Å². The molecule has 0 amide bonds. The SMILES string of the molecule is CCCCCCc1cc(Cl)c(CC)c(CC)c1CC. The van der Waals surface area contributed by atoms with Gasteiger partial charge in [-0.1, -0.05) is 58.6 Å². The van der Waals surface area contributed by atoms with Crippen molar-refractivity contribution >= 4 is 11.6 Å². The molecule has 1 aromatic carbocycles. The van der Waals surface area contributed by atoms with E-state index in [1.54, 1.807) is 5.56 Å². The van der Waals surface area contributed by atoms with Crippen molar-refractivity contribution in [3.8, 4) is 0 Å². The number of hydrogen-bond acceptors (Lipinski definition) is 0. The molecule has 0 aliphatic rings. The van der Waals surface area contributed by atoms with E-state index in [0.717, 1.165) is 24.3 Å². The third kappa shape index (κ3) is 4.24. The second-order valence-corrected chi connectivity index (χ2v) is 5.73. The van der Waals surface area contributed by atoms with Gasteiger partial charge >= 0.3 is 0 Å². The molecule has 0 aliphatic heterocycles. The Balaban J connectivity index is 3.00. The molecule has 0 N–H and O–H groups in total. The lowest BCUT2D eigenvalue weighted by Gasteiger charge is -2.18. The van der Waals surface area contributed by atoms with Gasteiger partial charge in [-0.3, -0.25) is 0 Å². The van der Waals surface area contributed by atoms with E-state index < -0.39 is 0 Å². The van der Waals surface area contributed by atoms with E-state index in [1.165, 1.54) is 48.8 Å². The molecule has 0 aliphatic carbocycles. The van der Waals surface area contributed by atoms with E-state index in [-0.39, 0.29) is 0 Å². The zero-order valence-corrected chi connectivity index (χ0v) is 13.9. The number of aryl methyl sites for hydroxylation is 1. The summed E-state index contributed by atoms with van der Waals surface area (Å²) in [6.07, 6.45) is 9.77. The van der Waals surface area contributed by atoms with Crippen LogP contribution >= 0.6 is 11.6 Å². The number of halogens is 1. The Morgan fingerprint density at radius 2 is 1.42 bits per heavy atom. The van der Waals surface area contributed by atoms with Gasteiger partial charge in [0, 0.05) is 5.02 Å². The molecular formula is C18H29Cl. The summed E-state index contributed by atoms with van der Waals surface area (Å²) in [5, 5.41) is 0.988. The van der Waals surface area contributed by atoms with Gasteiger partial charge in [-0.15, -0.1) is 0 Å². The maximum absolute atomic E-state index is 6.48. The van der Waals surface area contributed by atoms with Crippen LogP contribution in [0.25, 0.3) is 0 Å². The van der Waals surface area contributed by atoms with Gasteiger partial charge < -0.3 is 0 Å². The third-order valence-electron chi connectivity index (χ3n) is 4.07. The van der Waals surface area contributed by atoms with Gasteiger partial charge in [0.2, 0.25) is 0 Å². The molecule has 1 rings (SSSR count). The summed E-state index contributed by atoms with van der Waals surface area (Å²) in [6, 6.07) is 2.24.